The monoisotopic (exact) mass is 410 g/mol. The van der Waals surface area contributed by atoms with Crippen LogP contribution in [0.25, 0.3) is 22.1 Å². The van der Waals surface area contributed by atoms with Gasteiger partial charge in [-0.25, -0.2) is 9.97 Å². The van der Waals surface area contributed by atoms with Gasteiger partial charge >= 0.3 is 0 Å². The molecule has 0 spiro atoms. The normalized spacial score (nSPS) is 22.5. The predicted octanol–water partition coefficient (Wildman–Crippen LogP) is 4.77. The van der Waals surface area contributed by atoms with E-state index >= 15 is 0 Å². The van der Waals surface area contributed by atoms with Crippen molar-refractivity contribution in [3.05, 3.63) is 60.2 Å². The maximum absolute atomic E-state index is 9.28. The first-order valence-corrected chi connectivity index (χ1v) is 11.3. The smallest absolute Gasteiger partial charge is 0.139 e. The maximum Gasteiger partial charge on any atom is 0.139 e. The number of hydrogen-bond acceptors (Lipinski definition) is 4. The Hall–Kier alpha value is -3.17. The first-order valence-electron chi connectivity index (χ1n) is 11.3. The Morgan fingerprint density at radius 3 is 2.68 bits per heavy atom. The van der Waals surface area contributed by atoms with Crippen LogP contribution in [0.15, 0.2) is 48.8 Å². The Kier molecular flexibility index (Phi) is 4.50. The van der Waals surface area contributed by atoms with Crippen LogP contribution in [0, 0.1) is 17.2 Å². The minimum absolute atomic E-state index is 0.177. The fourth-order valence-electron chi connectivity index (χ4n) is 5.38. The zero-order chi connectivity index (χ0) is 20.8. The number of aromatic amines is 1. The molecule has 4 aromatic rings. The highest BCUT2D eigenvalue weighted by Crippen LogP contribution is 2.44. The summed E-state index contributed by atoms with van der Waals surface area (Å²) in [4.78, 5) is 15.4. The molecule has 6 rings (SSSR count). The van der Waals surface area contributed by atoms with Gasteiger partial charge in [0.05, 0.1) is 17.8 Å². The molecule has 1 aliphatic heterocycles. The largest absolute Gasteiger partial charge is 0.346 e. The quantitative estimate of drug-likeness (QED) is 0.526. The molecule has 2 aliphatic rings. The number of fused-ring (bicyclic) bond motifs is 3. The molecule has 0 unspecified atom stereocenters. The zero-order valence-corrected chi connectivity index (χ0v) is 17.5. The third-order valence-electron chi connectivity index (χ3n) is 7.12. The number of imidazole rings is 1. The van der Waals surface area contributed by atoms with Crippen molar-refractivity contribution in [1.82, 2.24) is 24.4 Å². The maximum atomic E-state index is 9.28. The van der Waals surface area contributed by atoms with Crippen molar-refractivity contribution in [3.8, 4) is 6.07 Å². The molecule has 0 atom stereocenters. The highest BCUT2D eigenvalue weighted by Gasteiger charge is 2.36. The average Bonchev–Trinajstić information content (AvgIpc) is 3.39. The number of pyridine rings is 1. The Balaban J connectivity index is 1.32. The number of H-pyrrole nitrogens is 1. The summed E-state index contributed by atoms with van der Waals surface area (Å²) in [6.45, 7) is 3.20. The number of likely N-dealkylation sites (tertiary alicyclic amines) is 1. The van der Waals surface area contributed by atoms with E-state index in [4.69, 9.17) is 4.98 Å². The van der Waals surface area contributed by atoms with Crippen LogP contribution in [-0.4, -0.2) is 37.5 Å². The van der Waals surface area contributed by atoms with E-state index < -0.39 is 0 Å². The second kappa shape index (κ2) is 7.51. The van der Waals surface area contributed by atoms with Crippen LogP contribution in [0.5, 0.6) is 0 Å². The van der Waals surface area contributed by atoms with Gasteiger partial charge in [-0.2, -0.15) is 5.26 Å². The lowest BCUT2D eigenvalue weighted by Crippen LogP contribution is -2.35. The number of benzene rings is 1. The van der Waals surface area contributed by atoms with Gasteiger partial charge in [0.1, 0.15) is 17.0 Å². The van der Waals surface area contributed by atoms with Crippen LogP contribution in [0.3, 0.4) is 0 Å². The molecule has 0 amide bonds. The van der Waals surface area contributed by atoms with Crippen molar-refractivity contribution >= 4 is 22.1 Å². The van der Waals surface area contributed by atoms with Gasteiger partial charge < -0.3 is 9.55 Å². The summed E-state index contributed by atoms with van der Waals surface area (Å²) in [5, 5.41) is 10.4. The number of piperidine rings is 1. The molecule has 0 bridgehead atoms. The summed E-state index contributed by atoms with van der Waals surface area (Å²) >= 11 is 0. The number of rotatable bonds is 4. The minimum atomic E-state index is 0.177. The van der Waals surface area contributed by atoms with E-state index in [0.717, 1.165) is 61.9 Å². The number of nitriles is 1. The molecule has 156 valence electrons. The first kappa shape index (κ1) is 18.6. The number of aromatic nitrogens is 4. The first-order chi connectivity index (χ1) is 15.3. The summed E-state index contributed by atoms with van der Waals surface area (Å²) in [6.07, 6.45) is 7.96. The minimum Gasteiger partial charge on any atom is -0.346 e. The van der Waals surface area contributed by atoms with Crippen molar-refractivity contribution in [2.45, 2.75) is 44.2 Å². The van der Waals surface area contributed by atoms with Gasteiger partial charge in [-0.15, -0.1) is 0 Å². The lowest BCUT2D eigenvalue weighted by Gasteiger charge is -2.36. The van der Waals surface area contributed by atoms with Crippen molar-refractivity contribution in [1.29, 1.82) is 5.26 Å². The Labute approximate surface area is 181 Å². The topological polar surface area (TPSA) is 73.5 Å². The van der Waals surface area contributed by atoms with Crippen molar-refractivity contribution in [3.63, 3.8) is 0 Å². The SMILES string of the molecule is N#CC1CC(c2nc3cnc4[nH]ccc4c3n2C2CCN(Cc3ccccc3)CC2)C1. The average molecular weight is 411 g/mol. The molecule has 1 aromatic carbocycles. The van der Waals surface area contributed by atoms with E-state index in [9.17, 15) is 5.26 Å². The third-order valence-corrected chi connectivity index (χ3v) is 7.12. The van der Waals surface area contributed by atoms with Gasteiger partial charge in [0.25, 0.3) is 0 Å². The standard InChI is InChI=1S/C25H26N6/c26-14-18-12-19(13-18)25-29-22-15-28-24-21(6-9-27-24)23(22)31(25)20-7-10-30(11-8-20)16-17-4-2-1-3-5-17/h1-6,9,15,18-20H,7-8,10-13,16H2,(H,27,28). The summed E-state index contributed by atoms with van der Waals surface area (Å²) < 4.78 is 2.52. The van der Waals surface area contributed by atoms with Gasteiger partial charge in [0.2, 0.25) is 0 Å². The van der Waals surface area contributed by atoms with E-state index in [1.807, 2.05) is 12.4 Å². The van der Waals surface area contributed by atoms with E-state index in [0.29, 0.717) is 12.0 Å². The Morgan fingerprint density at radius 2 is 1.90 bits per heavy atom. The molecule has 6 nitrogen and oxygen atoms in total. The fraction of sp³-hybridized carbons (Fsp3) is 0.400. The Bertz CT molecular complexity index is 1250. The molecule has 1 saturated carbocycles. The van der Waals surface area contributed by atoms with Crippen LogP contribution in [0.2, 0.25) is 0 Å². The fourth-order valence-corrected chi connectivity index (χ4v) is 5.38. The van der Waals surface area contributed by atoms with Crippen LogP contribution in [0.1, 0.15) is 49.0 Å². The van der Waals surface area contributed by atoms with E-state index in [1.54, 1.807) is 0 Å². The van der Waals surface area contributed by atoms with E-state index in [1.165, 1.54) is 16.9 Å². The molecule has 6 heteroatoms. The lowest BCUT2D eigenvalue weighted by molar-refractivity contribution is 0.176. The number of nitrogens with zero attached hydrogens (tertiary/aromatic N) is 5. The lowest BCUT2D eigenvalue weighted by atomic mass is 9.75. The van der Waals surface area contributed by atoms with Crippen LogP contribution in [0.4, 0.5) is 0 Å². The highest BCUT2D eigenvalue weighted by atomic mass is 15.2. The zero-order valence-electron chi connectivity index (χ0n) is 17.5. The van der Waals surface area contributed by atoms with E-state index in [-0.39, 0.29) is 5.92 Å². The Morgan fingerprint density at radius 1 is 1.10 bits per heavy atom. The van der Waals surface area contributed by atoms with Crippen LogP contribution >= 0.6 is 0 Å². The predicted molar refractivity (Wildman–Crippen MR) is 120 cm³/mol. The van der Waals surface area contributed by atoms with Crippen molar-refractivity contribution in [2.24, 2.45) is 5.92 Å². The molecular weight excluding hydrogens is 384 g/mol. The van der Waals surface area contributed by atoms with Crippen LogP contribution in [-0.2, 0) is 6.54 Å². The summed E-state index contributed by atoms with van der Waals surface area (Å²) in [5.74, 6) is 1.73. The molecule has 1 N–H and O–H groups in total. The van der Waals surface area contributed by atoms with Crippen molar-refractivity contribution < 1.29 is 0 Å². The number of nitrogens with one attached hydrogen (secondary N) is 1. The molecule has 4 heterocycles. The highest BCUT2D eigenvalue weighted by molar-refractivity contribution is 6.01. The third kappa shape index (κ3) is 3.21. The van der Waals surface area contributed by atoms with Gasteiger partial charge in [0, 0.05) is 49.1 Å². The van der Waals surface area contributed by atoms with Gasteiger partial charge in [-0.05, 0) is 37.3 Å². The second-order valence-corrected chi connectivity index (χ2v) is 9.06. The molecule has 1 saturated heterocycles. The van der Waals surface area contributed by atoms with Gasteiger partial charge in [-0.3, -0.25) is 4.90 Å². The molecule has 2 fully saturated rings. The van der Waals surface area contributed by atoms with Crippen molar-refractivity contribution in [2.75, 3.05) is 13.1 Å². The van der Waals surface area contributed by atoms with E-state index in [2.05, 4.69) is 61.9 Å². The van der Waals surface area contributed by atoms with Gasteiger partial charge in [-0.1, -0.05) is 30.3 Å². The second-order valence-electron chi connectivity index (χ2n) is 9.06. The molecule has 3 aromatic heterocycles. The summed E-state index contributed by atoms with van der Waals surface area (Å²) in [5.41, 5.74) is 4.49. The molecular formula is C25H26N6. The molecule has 0 radical (unpaired) electrons. The summed E-state index contributed by atoms with van der Waals surface area (Å²) in [6, 6.07) is 15.7. The van der Waals surface area contributed by atoms with Crippen LogP contribution < -0.4 is 0 Å². The number of hydrogen-bond donors (Lipinski definition) is 1. The summed E-state index contributed by atoms with van der Waals surface area (Å²) in [7, 11) is 0. The molecule has 1 aliphatic carbocycles. The molecule has 31 heavy (non-hydrogen) atoms. The van der Waals surface area contributed by atoms with Gasteiger partial charge in [0.15, 0.2) is 0 Å².